The van der Waals surface area contributed by atoms with Gasteiger partial charge in [-0.2, -0.15) is 26.3 Å². The molecule has 1 fully saturated rings. The Bertz CT molecular complexity index is 2230. The average molecular weight is 954 g/mol. The predicted molar refractivity (Wildman–Crippen MR) is 198 cm³/mol. The van der Waals surface area contributed by atoms with Gasteiger partial charge in [-0.05, 0) is 36.1 Å². The van der Waals surface area contributed by atoms with Gasteiger partial charge in [0.2, 0.25) is 23.5 Å². The number of rotatable bonds is 8. The molecular weight excluding hydrogens is 914 g/mol. The topological polar surface area (TPSA) is 242 Å². The first-order valence-corrected chi connectivity index (χ1v) is 17.8. The van der Waals surface area contributed by atoms with E-state index in [2.05, 4.69) is 40.6 Å². The van der Waals surface area contributed by atoms with Crippen molar-refractivity contribution in [3.05, 3.63) is 93.6 Å². The summed E-state index contributed by atoms with van der Waals surface area (Å²) in [6.07, 6.45) is -9.01. The Morgan fingerprint density at radius 1 is 0.785 bits per heavy atom. The van der Waals surface area contributed by atoms with E-state index in [4.69, 9.17) is 25.7 Å². The summed E-state index contributed by atoms with van der Waals surface area (Å²) in [6, 6.07) is 1.36. The Morgan fingerprint density at radius 3 is 1.74 bits per heavy atom. The van der Waals surface area contributed by atoms with Gasteiger partial charge in [-0.25, -0.2) is 26.3 Å². The molecule has 2 aromatic heterocycles. The number of alkyl halides is 6. The minimum atomic E-state index is -4.64. The van der Waals surface area contributed by atoms with E-state index in [9.17, 15) is 62.3 Å². The molecule has 0 bridgehead atoms. The van der Waals surface area contributed by atoms with Crippen molar-refractivity contribution in [3.8, 4) is 0 Å². The second kappa shape index (κ2) is 24.9. The molecule has 4 aromatic rings. The number of amides is 2. The molecule has 360 valence electrons. The smallest absolute Gasteiger partial charge is 0.222 e. The molecule has 1 unspecified atom stereocenters. The van der Waals surface area contributed by atoms with Crippen LogP contribution in [0, 0.1) is 34.9 Å². The molecule has 18 nitrogen and oxygen atoms in total. The summed E-state index contributed by atoms with van der Waals surface area (Å²) in [5.41, 5.74) is 5.72. The maximum absolute atomic E-state index is 13.7. The van der Waals surface area contributed by atoms with Crippen molar-refractivity contribution < 1.29 is 94.7 Å². The van der Waals surface area contributed by atoms with Gasteiger partial charge in [-0.3, -0.25) is 9.59 Å². The van der Waals surface area contributed by atoms with Gasteiger partial charge in [0, 0.05) is 66.1 Å². The number of fused-ring (bicyclic) bond motifs is 2. The molecule has 2 aromatic carbocycles. The fourth-order valence-corrected chi connectivity index (χ4v) is 5.85. The number of carbonyl (C=O) groups is 2. The van der Waals surface area contributed by atoms with E-state index in [1.807, 2.05) is 0 Å². The van der Waals surface area contributed by atoms with Crippen LogP contribution in [0.1, 0.15) is 57.5 Å². The summed E-state index contributed by atoms with van der Waals surface area (Å²) in [7, 11) is -0.139. The maximum Gasteiger partial charge on any atom is 0.222 e. The van der Waals surface area contributed by atoms with Crippen molar-refractivity contribution in [2.45, 2.75) is 83.7 Å². The van der Waals surface area contributed by atoms with Crippen molar-refractivity contribution >= 4 is 26.5 Å². The number of hydrogen-bond donors (Lipinski definition) is 5. The van der Waals surface area contributed by atoms with Crippen molar-refractivity contribution in [1.29, 1.82) is 0 Å². The van der Waals surface area contributed by atoms with Crippen LogP contribution in [0.3, 0.4) is 0 Å². The Balaban J connectivity index is 0.000000945. The molecule has 5 heterocycles. The van der Waals surface area contributed by atoms with E-state index in [1.165, 1.54) is 4.90 Å². The normalized spacial score (nSPS) is 15.2. The molecule has 7 rings (SSSR count). The molecule has 0 spiro atoms. The van der Waals surface area contributed by atoms with Crippen LogP contribution in [0.4, 0.5) is 52.7 Å². The van der Waals surface area contributed by atoms with Crippen LogP contribution in [-0.4, -0.2) is 96.6 Å². The first kappa shape index (κ1) is 55.1. The van der Waals surface area contributed by atoms with Gasteiger partial charge in [-0.1, -0.05) is 7.43 Å². The molecule has 3 aliphatic rings. The van der Waals surface area contributed by atoms with Gasteiger partial charge in [0.1, 0.15) is 17.5 Å². The number of β-lactam (4-membered cyclic amide) rings is 1. The summed E-state index contributed by atoms with van der Waals surface area (Å²) in [4.78, 5) is 29.9. The fraction of sp³-hybridized carbons (Fsp3) is 0.455. The van der Waals surface area contributed by atoms with Gasteiger partial charge in [0.25, 0.3) is 0 Å². The van der Waals surface area contributed by atoms with Crippen LogP contribution in [-0.2, 0) is 80.0 Å². The summed E-state index contributed by atoms with van der Waals surface area (Å²) >= 11 is 0. The molecule has 0 saturated carbocycles. The van der Waals surface area contributed by atoms with Gasteiger partial charge in [-0.15, -0.1) is 20.4 Å². The van der Waals surface area contributed by atoms with Gasteiger partial charge in [0.15, 0.2) is 29.1 Å². The zero-order valence-electron chi connectivity index (χ0n) is 32.3. The second-order valence-electron chi connectivity index (χ2n) is 13.1. The van der Waals surface area contributed by atoms with Crippen LogP contribution in [0.25, 0.3) is 0 Å². The average Bonchev–Trinajstić information content (AvgIpc) is 3.87. The molecule has 1 saturated heterocycles. The van der Waals surface area contributed by atoms with Crippen molar-refractivity contribution in [1.82, 2.24) is 45.1 Å². The second-order valence-corrected chi connectivity index (χ2v) is 13.1. The minimum Gasteiger partial charge on any atom is -0.352 e. The van der Waals surface area contributed by atoms with E-state index in [0.29, 0.717) is 43.5 Å². The Hall–Kier alpha value is -6.01. The van der Waals surface area contributed by atoms with Crippen LogP contribution >= 0.6 is 0 Å². The van der Waals surface area contributed by atoms with Crippen LogP contribution in [0.5, 0.6) is 0 Å². The van der Waals surface area contributed by atoms with Crippen molar-refractivity contribution in [2.75, 3.05) is 13.1 Å². The number of aromatic nitrogens is 6. The van der Waals surface area contributed by atoms with Crippen molar-refractivity contribution in [2.24, 2.45) is 5.73 Å². The zero-order valence-corrected chi connectivity index (χ0v) is 32.3. The third-order valence-corrected chi connectivity index (χ3v) is 8.68. The third-order valence-electron chi connectivity index (χ3n) is 8.68. The molecule has 2 atom stereocenters. The molecule has 2 amide bonds. The SMILES string of the molecule is C.FC(F)(F)c1nnc2n1CCNC2.N[C@@H](CC(=O)N1CCn2c(nnc2C(F)(F)F)C1)Cc1cc(F)c(F)cc1F.O=BOO.O=BOO.O=C1CC(Cc2cc(F)c(F)cc2F)N1.[HH].[HH]. The number of nitrogens with one attached hydrogen (secondary N) is 2. The van der Waals surface area contributed by atoms with E-state index >= 15 is 0 Å². The number of hydrogen-bond acceptors (Lipinski definition) is 14. The first-order chi connectivity index (χ1) is 30.0. The summed E-state index contributed by atoms with van der Waals surface area (Å²) in [5, 5.41) is 32.6. The molecule has 32 heteroatoms. The van der Waals surface area contributed by atoms with E-state index in [-0.39, 0.29) is 99.3 Å². The number of nitrogens with zero attached hydrogens (tertiary/aromatic N) is 7. The molecule has 65 heavy (non-hydrogen) atoms. The van der Waals surface area contributed by atoms with Crippen LogP contribution < -0.4 is 16.4 Å². The Labute approximate surface area is 362 Å². The Kier molecular flexibility index (Phi) is 21.1. The summed E-state index contributed by atoms with van der Waals surface area (Å²) in [6.45, 7) is 0.845. The van der Waals surface area contributed by atoms with E-state index in [0.717, 1.165) is 15.2 Å². The van der Waals surface area contributed by atoms with Gasteiger partial charge in [0.05, 0.1) is 13.1 Å². The standard InChI is InChI=1S/C16H15F6N5O.C10H8F3NO.C6H7F3N4.CH4.2BHO3.2H2/c17-10-6-12(19)11(18)4-8(10)3-9(23)5-14(28)26-1-2-27-13(7-26)24-25-15(27)16(20,21)22;11-7-4-9(13)8(12)2-5(7)1-6-3-10(15)14-6;7-6(8,9)5-12-11-4-3-10-1-2-13(4)5;;2*2-1-4-3;;/h4,6,9H,1-3,5,7,23H2;2,4,6H,1,3H2,(H,14,15);10H,1-3H2;1H4;2*3H;2*1H/t9-;;;;;;;/m1......./s1. The van der Waals surface area contributed by atoms with Gasteiger partial charge < -0.3 is 30.4 Å². The van der Waals surface area contributed by atoms with Gasteiger partial charge >= 0.3 is 56.6 Å². The van der Waals surface area contributed by atoms with Crippen molar-refractivity contribution in [3.63, 3.8) is 0 Å². The largest absolute Gasteiger partial charge is 0.352 e. The first-order valence-electron chi connectivity index (χ1n) is 17.8. The van der Waals surface area contributed by atoms with Crippen LogP contribution in [0.2, 0.25) is 0 Å². The fourth-order valence-electron chi connectivity index (χ4n) is 5.85. The van der Waals surface area contributed by atoms with Crippen LogP contribution in [0.15, 0.2) is 24.3 Å². The molecule has 3 aliphatic heterocycles. The number of benzene rings is 2. The monoisotopic (exact) mass is 954 g/mol. The minimum absolute atomic E-state index is 0. The number of carbonyl (C=O) groups excluding carboxylic acids is 2. The molecule has 0 radical (unpaired) electrons. The number of halogens is 12. The summed E-state index contributed by atoms with van der Waals surface area (Å²) < 4.78 is 173. The zero-order chi connectivity index (χ0) is 47.9. The maximum atomic E-state index is 13.7. The van der Waals surface area contributed by atoms with E-state index < -0.39 is 70.9 Å². The molecular formula is C33H40B2F12N10O8. The predicted octanol–water partition coefficient (Wildman–Crippen LogP) is 3.96. The molecule has 0 aliphatic carbocycles. The summed E-state index contributed by atoms with van der Waals surface area (Å²) in [5.74, 6) is -8.86. The Morgan fingerprint density at radius 2 is 1.25 bits per heavy atom. The molecule has 6 N–H and O–H groups in total. The quantitative estimate of drug-likeness (QED) is 0.0420. The third kappa shape index (κ3) is 16.2. The number of nitrogens with two attached hydrogens (primary N) is 1. The van der Waals surface area contributed by atoms with E-state index in [1.54, 1.807) is 0 Å².